The Labute approximate surface area is 170 Å². The summed E-state index contributed by atoms with van der Waals surface area (Å²) in [6.45, 7) is 7.21. The minimum Gasteiger partial charge on any atom is -0.300 e. The Hall–Kier alpha value is -0.550. The number of likely N-dealkylation sites (tertiary alicyclic amines) is 1. The number of hydrogen-bond donors (Lipinski definition) is 0. The summed E-state index contributed by atoms with van der Waals surface area (Å²) >= 11 is 0. The van der Waals surface area contributed by atoms with Crippen molar-refractivity contribution in [2.24, 2.45) is 11.3 Å². The Kier molecular flexibility index (Phi) is 10.8. The molecule has 0 N–H and O–H groups in total. The van der Waals surface area contributed by atoms with Crippen LogP contribution in [0.2, 0.25) is 0 Å². The van der Waals surface area contributed by atoms with Gasteiger partial charge in [-0.2, -0.15) is 5.26 Å². The van der Waals surface area contributed by atoms with Crippen molar-refractivity contribution >= 4 is 0 Å². The molecule has 2 aliphatic rings. The van der Waals surface area contributed by atoms with Crippen LogP contribution in [0.25, 0.3) is 0 Å². The van der Waals surface area contributed by atoms with Crippen molar-refractivity contribution in [1.29, 1.82) is 5.26 Å². The quantitative estimate of drug-likeness (QED) is 0.331. The SMILES string of the molecule is CCCCCCC[C@]1(C#N)CC[C@H](N2CCC(CCCCCC)CC2)CC1. The van der Waals surface area contributed by atoms with E-state index in [2.05, 4.69) is 24.8 Å². The van der Waals surface area contributed by atoms with Gasteiger partial charge in [0.2, 0.25) is 0 Å². The number of rotatable bonds is 12. The van der Waals surface area contributed by atoms with Crippen molar-refractivity contribution in [1.82, 2.24) is 4.90 Å². The first-order valence-electron chi connectivity index (χ1n) is 12.4. The maximum absolute atomic E-state index is 9.83. The standard InChI is InChI=1S/C25H46N2/c1-3-5-7-9-11-17-25(22-26)18-13-24(14-19-25)27-20-15-23(16-21-27)12-10-8-6-4-2/h23-24H,3-21H2,1-2H3/t24-,25-. The molecular weight excluding hydrogens is 328 g/mol. The van der Waals surface area contributed by atoms with Gasteiger partial charge in [-0.05, 0) is 64.0 Å². The first-order chi connectivity index (χ1) is 13.2. The first kappa shape index (κ1) is 22.7. The van der Waals surface area contributed by atoms with E-state index in [0.29, 0.717) is 0 Å². The van der Waals surface area contributed by atoms with Crippen molar-refractivity contribution in [3.05, 3.63) is 0 Å². The topological polar surface area (TPSA) is 27.0 Å². The van der Waals surface area contributed by atoms with Crippen LogP contribution in [0.15, 0.2) is 0 Å². The summed E-state index contributed by atoms with van der Waals surface area (Å²) in [6, 6.07) is 3.52. The fourth-order valence-corrected chi connectivity index (χ4v) is 5.47. The van der Waals surface area contributed by atoms with E-state index in [9.17, 15) is 5.26 Å². The first-order valence-corrected chi connectivity index (χ1v) is 12.4. The van der Waals surface area contributed by atoms with Crippen LogP contribution in [-0.4, -0.2) is 24.0 Å². The van der Waals surface area contributed by atoms with Crippen molar-refractivity contribution in [3.8, 4) is 6.07 Å². The Morgan fingerprint density at radius 2 is 1.41 bits per heavy atom. The zero-order valence-electron chi connectivity index (χ0n) is 18.5. The molecule has 27 heavy (non-hydrogen) atoms. The smallest absolute Gasteiger partial charge is 0.0689 e. The van der Waals surface area contributed by atoms with Crippen molar-refractivity contribution in [3.63, 3.8) is 0 Å². The van der Waals surface area contributed by atoms with Gasteiger partial charge in [0.1, 0.15) is 0 Å². The van der Waals surface area contributed by atoms with E-state index in [1.165, 1.54) is 103 Å². The molecule has 1 saturated heterocycles. The lowest BCUT2D eigenvalue weighted by Crippen LogP contribution is -2.44. The van der Waals surface area contributed by atoms with Gasteiger partial charge in [-0.15, -0.1) is 0 Å². The average Bonchev–Trinajstić information content (AvgIpc) is 2.72. The van der Waals surface area contributed by atoms with E-state index in [4.69, 9.17) is 0 Å². The molecule has 0 aromatic heterocycles. The summed E-state index contributed by atoms with van der Waals surface area (Å²) in [4.78, 5) is 2.78. The lowest BCUT2D eigenvalue weighted by atomic mass is 9.70. The molecule has 0 atom stereocenters. The molecule has 2 nitrogen and oxygen atoms in total. The molecule has 1 aliphatic heterocycles. The van der Waals surface area contributed by atoms with Crippen LogP contribution in [0.4, 0.5) is 0 Å². The van der Waals surface area contributed by atoms with Crippen molar-refractivity contribution < 1.29 is 0 Å². The predicted molar refractivity (Wildman–Crippen MR) is 117 cm³/mol. The molecule has 156 valence electrons. The van der Waals surface area contributed by atoms with Crippen LogP contribution in [-0.2, 0) is 0 Å². The predicted octanol–water partition coefficient (Wildman–Crippen LogP) is 7.48. The van der Waals surface area contributed by atoms with Gasteiger partial charge in [0.15, 0.2) is 0 Å². The Morgan fingerprint density at radius 3 is 2.00 bits per heavy atom. The van der Waals surface area contributed by atoms with Gasteiger partial charge in [-0.3, -0.25) is 0 Å². The molecule has 1 heterocycles. The number of hydrogen-bond acceptors (Lipinski definition) is 2. The minimum absolute atomic E-state index is 0.0142. The molecule has 0 aromatic rings. The van der Waals surface area contributed by atoms with Gasteiger partial charge in [0, 0.05) is 6.04 Å². The van der Waals surface area contributed by atoms with E-state index in [1.807, 2.05) is 0 Å². The zero-order chi connectivity index (χ0) is 19.4. The van der Waals surface area contributed by atoms with E-state index in [-0.39, 0.29) is 5.41 Å². The summed E-state index contributed by atoms with van der Waals surface area (Å²) in [5, 5.41) is 9.83. The molecule has 2 heteroatoms. The third-order valence-corrected chi connectivity index (χ3v) is 7.54. The number of nitriles is 1. The van der Waals surface area contributed by atoms with Gasteiger partial charge in [-0.1, -0.05) is 78.1 Å². The summed E-state index contributed by atoms with van der Waals surface area (Å²) in [6.07, 6.45) is 22.6. The second-order valence-electron chi connectivity index (χ2n) is 9.62. The molecule has 0 amide bonds. The molecule has 0 unspecified atom stereocenters. The third kappa shape index (κ3) is 7.77. The fourth-order valence-electron chi connectivity index (χ4n) is 5.47. The highest BCUT2D eigenvalue weighted by Gasteiger charge is 2.37. The molecule has 2 fully saturated rings. The van der Waals surface area contributed by atoms with Crippen LogP contribution in [0.1, 0.15) is 123 Å². The largest absolute Gasteiger partial charge is 0.300 e. The maximum atomic E-state index is 9.83. The van der Waals surface area contributed by atoms with Gasteiger partial charge < -0.3 is 4.90 Å². The number of unbranched alkanes of at least 4 members (excludes halogenated alkanes) is 7. The number of nitrogens with zero attached hydrogens (tertiary/aromatic N) is 2. The summed E-state index contributed by atoms with van der Waals surface area (Å²) in [5.41, 5.74) is 0.0142. The van der Waals surface area contributed by atoms with Gasteiger partial charge in [-0.25, -0.2) is 0 Å². The Balaban J connectivity index is 1.64. The highest BCUT2D eigenvalue weighted by Crippen LogP contribution is 2.42. The van der Waals surface area contributed by atoms with Crippen LogP contribution in [0, 0.1) is 22.7 Å². The molecule has 0 aromatic carbocycles. The minimum atomic E-state index is 0.0142. The molecule has 0 spiro atoms. The van der Waals surface area contributed by atoms with E-state index in [1.54, 1.807) is 0 Å². The van der Waals surface area contributed by atoms with Crippen molar-refractivity contribution in [2.75, 3.05) is 13.1 Å². The fraction of sp³-hybridized carbons (Fsp3) is 0.960. The lowest BCUT2D eigenvalue weighted by molar-refractivity contribution is 0.0754. The summed E-state index contributed by atoms with van der Waals surface area (Å²) in [5.74, 6) is 0.989. The lowest BCUT2D eigenvalue weighted by Gasteiger charge is -2.43. The molecule has 0 radical (unpaired) electrons. The van der Waals surface area contributed by atoms with Crippen LogP contribution < -0.4 is 0 Å². The second-order valence-corrected chi connectivity index (χ2v) is 9.62. The van der Waals surface area contributed by atoms with Crippen LogP contribution in [0.5, 0.6) is 0 Å². The van der Waals surface area contributed by atoms with Crippen LogP contribution in [0.3, 0.4) is 0 Å². The molecule has 0 bridgehead atoms. The van der Waals surface area contributed by atoms with Gasteiger partial charge >= 0.3 is 0 Å². The Bertz CT molecular complexity index is 409. The Morgan fingerprint density at radius 1 is 0.815 bits per heavy atom. The average molecular weight is 375 g/mol. The van der Waals surface area contributed by atoms with E-state index < -0.39 is 0 Å². The van der Waals surface area contributed by atoms with E-state index in [0.717, 1.165) is 31.2 Å². The highest BCUT2D eigenvalue weighted by molar-refractivity contribution is 5.03. The van der Waals surface area contributed by atoms with E-state index >= 15 is 0 Å². The molecule has 1 saturated carbocycles. The van der Waals surface area contributed by atoms with Gasteiger partial charge in [0.05, 0.1) is 11.5 Å². The monoisotopic (exact) mass is 374 g/mol. The summed E-state index contributed by atoms with van der Waals surface area (Å²) < 4.78 is 0. The number of piperidine rings is 1. The normalized spacial score (nSPS) is 27.5. The zero-order valence-corrected chi connectivity index (χ0v) is 18.5. The molecule has 2 rings (SSSR count). The van der Waals surface area contributed by atoms with Crippen molar-refractivity contribution in [2.45, 2.75) is 129 Å². The molecular formula is C25H46N2. The van der Waals surface area contributed by atoms with Gasteiger partial charge in [0.25, 0.3) is 0 Å². The van der Waals surface area contributed by atoms with Crippen LogP contribution >= 0.6 is 0 Å². The third-order valence-electron chi connectivity index (χ3n) is 7.54. The molecule has 1 aliphatic carbocycles. The maximum Gasteiger partial charge on any atom is 0.0689 e. The second kappa shape index (κ2) is 12.8. The summed E-state index contributed by atoms with van der Waals surface area (Å²) in [7, 11) is 0. The highest BCUT2D eigenvalue weighted by atomic mass is 15.2.